The van der Waals surface area contributed by atoms with Gasteiger partial charge in [-0.15, -0.1) is 0 Å². The molecule has 112 valence electrons. The van der Waals surface area contributed by atoms with E-state index in [2.05, 4.69) is 18.8 Å². The average molecular weight is 292 g/mol. The van der Waals surface area contributed by atoms with E-state index in [4.69, 9.17) is 0 Å². The zero-order valence-electron chi connectivity index (χ0n) is 13.2. The van der Waals surface area contributed by atoms with Crippen molar-refractivity contribution in [2.24, 2.45) is 10.9 Å². The van der Waals surface area contributed by atoms with Gasteiger partial charge in [0.15, 0.2) is 0 Å². The summed E-state index contributed by atoms with van der Waals surface area (Å²) in [6.45, 7) is 6.97. The number of aliphatic imine (C=N–C) groups is 1. The number of nitrogens with zero attached hydrogens (tertiary/aromatic N) is 2. The van der Waals surface area contributed by atoms with E-state index in [1.165, 1.54) is 0 Å². The predicted molar refractivity (Wildman–Crippen MR) is 91.0 cm³/mol. The number of fused-ring (bicyclic) bond motifs is 1. The van der Waals surface area contributed by atoms with Crippen LogP contribution in [0.3, 0.4) is 0 Å². The van der Waals surface area contributed by atoms with Gasteiger partial charge in [0.1, 0.15) is 5.71 Å². The fourth-order valence-electron chi connectivity index (χ4n) is 2.74. The number of rotatable bonds is 3. The zero-order chi connectivity index (χ0) is 15.7. The molecule has 3 heteroatoms. The van der Waals surface area contributed by atoms with Crippen molar-refractivity contribution in [3.63, 3.8) is 0 Å². The molecule has 2 aromatic rings. The third-order valence-corrected chi connectivity index (χ3v) is 3.69. The smallest absolute Gasteiger partial charge is 0.277 e. The quantitative estimate of drug-likeness (QED) is 0.837. The van der Waals surface area contributed by atoms with Crippen molar-refractivity contribution < 1.29 is 4.79 Å². The third kappa shape index (κ3) is 2.67. The van der Waals surface area contributed by atoms with Crippen LogP contribution in [0.1, 0.15) is 25.0 Å². The van der Waals surface area contributed by atoms with Gasteiger partial charge in [-0.25, -0.2) is 4.99 Å². The van der Waals surface area contributed by atoms with Crippen molar-refractivity contribution in [2.45, 2.75) is 20.8 Å². The molecule has 22 heavy (non-hydrogen) atoms. The Kier molecular flexibility index (Phi) is 3.80. The van der Waals surface area contributed by atoms with Crippen LogP contribution in [0.15, 0.2) is 53.5 Å². The predicted octanol–water partition coefficient (Wildman–Crippen LogP) is 4.12. The maximum atomic E-state index is 12.8. The highest BCUT2D eigenvalue weighted by Crippen LogP contribution is 2.31. The van der Waals surface area contributed by atoms with Crippen molar-refractivity contribution in [1.82, 2.24) is 0 Å². The van der Waals surface area contributed by atoms with E-state index < -0.39 is 0 Å². The number of hydrogen-bond donors (Lipinski definition) is 0. The molecule has 1 heterocycles. The summed E-state index contributed by atoms with van der Waals surface area (Å²) >= 11 is 0. The molecule has 0 fully saturated rings. The first-order valence-corrected chi connectivity index (χ1v) is 7.63. The van der Waals surface area contributed by atoms with E-state index >= 15 is 0 Å². The maximum absolute atomic E-state index is 12.8. The normalized spacial score (nSPS) is 15.7. The second kappa shape index (κ2) is 5.76. The zero-order valence-corrected chi connectivity index (χ0v) is 13.2. The van der Waals surface area contributed by atoms with E-state index in [-0.39, 0.29) is 5.91 Å². The highest BCUT2D eigenvalue weighted by Gasteiger charge is 2.33. The minimum atomic E-state index is -0.00333. The van der Waals surface area contributed by atoms with Gasteiger partial charge in [0, 0.05) is 12.1 Å². The van der Waals surface area contributed by atoms with Crippen molar-refractivity contribution in [3.8, 4) is 0 Å². The third-order valence-electron chi connectivity index (χ3n) is 3.69. The van der Waals surface area contributed by atoms with Gasteiger partial charge in [0.2, 0.25) is 0 Å². The molecule has 2 aromatic carbocycles. The van der Waals surface area contributed by atoms with Crippen LogP contribution in [-0.2, 0) is 4.79 Å². The van der Waals surface area contributed by atoms with Gasteiger partial charge in [-0.3, -0.25) is 4.79 Å². The fraction of sp³-hybridized carbons (Fsp3) is 0.263. The lowest BCUT2D eigenvalue weighted by atomic mass is 10.1. The van der Waals surface area contributed by atoms with Gasteiger partial charge < -0.3 is 4.90 Å². The second-order valence-corrected chi connectivity index (χ2v) is 6.13. The van der Waals surface area contributed by atoms with E-state index in [0.717, 1.165) is 22.5 Å². The minimum Gasteiger partial charge on any atom is -0.306 e. The van der Waals surface area contributed by atoms with Crippen LogP contribution >= 0.6 is 0 Å². The number of carbonyl (C=O) groups excluding carboxylic acids is 1. The number of amides is 1. The Hall–Kier alpha value is -2.42. The molecule has 0 atom stereocenters. The number of benzene rings is 2. The molecule has 1 amide bonds. The Balaban J connectivity index is 2.07. The average Bonchev–Trinajstić information content (AvgIpc) is 2.73. The molecule has 0 N–H and O–H groups in total. The Morgan fingerprint density at radius 3 is 2.59 bits per heavy atom. The lowest BCUT2D eigenvalue weighted by molar-refractivity contribution is -0.112. The molecule has 1 aliphatic heterocycles. The summed E-state index contributed by atoms with van der Waals surface area (Å²) in [5.41, 5.74) is 4.40. The molecular weight excluding hydrogens is 272 g/mol. The lowest BCUT2D eigenvalue weighted by Gasteiger charge is -2.18. The Bertz CT molecular complexity index is 747. The summed E-state index contributed by atoms with van der Waals surface area (Å²) in [6.07, 6.45) is 0. The summed E-state index contributed by atoms with van der Waals surface area (Å²) in [5, 5.41) is 0. The first kappa shape index (κ1) is 14.5. The number of carbonyl (C=O) groups is 1. The summed E-state index contributed by atoms with van der Waals surface area (Å²) in [7, 11) is 0. The number of aryl methyl sites for hydroxylation is 1. The Labute approximate surface area is 131 Å². The van der Waals surface area contributed by atoms with Gasteiger partial charge in [0.05, 0.1) is 11.4 Å². The van der Waals surface area contributed by atoms with E-state index in [1.807, 2.05) is 60.4 Å². The number of anilines is 1. The van der Waals surface area contributed by atoms with Gasteiger partial charge in [-0.05, 0) is 36.6 Å². The van der Waals surface area contributed by atoms with Crippen LogP contribution in [0.25, 0.3) is 0 Å². The largest absolute Gasteiger partial charge is 0.306 e. The van der Waals surface area contributed by atoms with Crippen LogP contribution in [0.5, 0.6) is 0 Å². The summed E-state index contributed by atoms with van der Waals surface area (Å²) in [6, 6.07) is 15.8. The molecule has 3 nitrogen and oxygen atoms in total. The molecule has 3 rings (SSSR count). The Morgan fingerprint density at radius 1 is 1.09 bits per heavy atom. The standard InChI is InChI=1S/C19H20N2O/c1-13(2)12-21-17-10-5-4-9-16(17)18(19(21)22)20-15-8-6-7-14(3)11-15/h4-11,13H,12H2,1-3H3. The minimum absolute atomic E-state index is 0.00333. The summed E-state index contributed by atoms with van der Waals surface area (Å²) in [4.78, 5) is 19.2. The van der Waals surface area contributed by atoms with Gasteiger partial charge in [-0.1, -0.05) is 44.2 Å². The maximum Gasteiger partial charge on any atom is 0.277 e. The Morgan fingerprint density at radius 2 is 1.86 bits per heavy atom. The monoisotopic (exact) mass is 292 g/mol. The van der Waals surface area contributed by atoms with Crippen molar-refractivity contribution in [1.29, 1.82) is 0 Å². The second-order valence-electron chi connectivity index (χ2n) is 6.13. The van der Waals surface area contributed by atoms with E-state index in [1.54, 1.807) is 0 Å². The van der Waals surface area contributed by atoms with Crippen LogP contribution in [0.2, 0.25) is 0 Å². The van der Waals surface area contributed by atoms with Crippen LogP contribution in [0.4, 0.5) is 11.4 Å². The molecule has 0 radical (unpaired) electrons. The van der Waals surface area contributed by atoms with E-state index in [0.29, 0.717) is 18.2 Å². The molecule has 0 aliphatic carbocycles. The molecule has 0 saturated carbocycles. The SMILES string of the molecule is Cc1cccc(N=C2C(=O)N(CC(C)C)c3ccccc32)c1. The molecule has 0 bridgehead atoms. The van der Waals surface area contributed by atoms with E-state index in [9.17, 15) is 4.79 Å². The highest BCUT2D eigenvalue weighted by molar-refractivity contribution is 6.54. The topological polar surface area (TPSA) is 32.7 Å². The highest BCUT2D eigenvalue weighted by atomic mass is 16.2. The molecule has 1 aliphatic rings. The summed E-state index contributed by atoms with van der Waals surface area (Å²) < 4.78 is 0. The first-order valence-electron chi connectivity index (χ1n) is 7.63. The number of para-hydroxylation sites is 1. The summed E-state index contributed by atoms with van der Waals surface area (Å²) in [5.74, 6) is 0.409. The van der Waals surface area contributed by atoms with Crippen molar-refractivity contribution in [2.75, 3.05) is 11.4 Å². The van der Waals surface area contributed by atoms with Gasteiger partial charge in [-0.2, -0.15) is 0 Å². The lowest BCUT2D eigenvalue weighted by Crippen LogP contribution is -2.33. The molecular formula is C19H20N2O. The van der Waals surface area contributed by atoms with Crippen LogP contribution < -0.4 is 4.90 Å². The molecule has 0 spiro atoms. The first-order chi connectivity index (χ1) is 10.6. The van der Waals surface area contributed by atoms with Crippen molar-refractivity contribution >= 4 is 23.0 Å². The molecule has 0 aromatic heterocycles. The molecule has 0 unspecified atom stereocenters. The molecule has 0 saturated heterocycles. The van der Waals surface area contributed by atoms with Gasteiger partial charge >= 0.3 is 0 Å². The fourth-order valence-corrected chi connectivity index (χ4v) is 2.74. The number of hydrogen-bond acceptors (Lipinski definition) is 2. The van der Waals surface area contributed by atoms with Gasteiger partial charge in [0.25, 0.3) is 5.91 Å². The van der Waals surface area contributed by atoms with Crippen LogP contribution in [0, 0.1) is 12.8 Å². The van der Waals surface area contributed by atoms with Crippen LogP contribution in [-0.4, -0.2) is 18.2 Å². The van der Waals surface area contributed by atoms with Crippen molar-refractivity contribution in [3.05, 3.63) is 59.7 Å².